The minimum Gasteiger partial charge on any atom is -0.482 e. The van der Waals surface area contributed by atoms with Crippen molar-refractivity contribution >= 4 is 21.9 Å². The lowest BCUT2D eigenvalue weighted by Gasteiger charge is -2.08. The molecule has 0 saturated carbocycles. The van der Waals surface area contributed by atoms with E-state index in [9.17, 15) is 4.79 Å². The molecule has 0 atom stereocenters. The summed E-state index contributed by atoms with van der Waals surface area (Å²) < 4.78 is 11.5. The normalized spacial score (nSPS) is 10.2. The molecule has 0 spiro atoms. The van der Waals surface area contributed by atoms with Crippen LogP contribution in [0.15, 0.2) is 46.9 Å². The average molecular weight is 335 g/mol. The van der Waals surface area contributed by atoms with Crippen molar-refractivity contribution in [3.8, 4) is 11.5 Å². The number of hydrogen-bond donors (Lipinski definition) is 0. The van der Waals surface area contributed by atoms with Crippen LogP contribution in [-0.4, -0.2) is 12.6 Å². The van der Waals surface area contributed by atoms with Crippen LogP contribution >= 0.6 is 15.9 Å². The highest BCUT2D eigenvalue weighted by atomic mass is 79.9. The Balaban J connectivity index is 1.90. The van der Waals surface area contributed by atoms with Crippen LogP contribution in [0.3, 0.4) is 0 Å². The van der Waals surface area contributed by atoms with Gasteiger partial charge in [0, 0.05) is 4.47 Å². The molecule has 0 aliphatic heterocycles. The molecule has 2 rings (SSSR count). The van der Waals surface area contributed by atoms with Gasteiger partial charge in [-0.1, -0.05) is 22.0 Å². The number of rotatable bonds is 4. The molecule has 0 bridgehead atoms. The van der Waals surface area contributed by atoms with Gasteiger partial charge in [0.1, 0.15) is 11.5 Å². The summed E-state index contributed by atoms with van der Waals surface area (Å²) in [5.74, 6) is 0.754. The van der Waals surface area contributed by atoms with E-state index in [1.54, 1.807) is 12.1 Å². The second-order valence-corrected chi connectivity index (χ2v) is 5.46. The zero-order chi connectivity index (χ0) is 14.5. The molecule has 0 saturated heterocycles. The highest BCUT2D eigenvalue weighted by Crippen LogP contribution is 2.18. The van der Waals surface area contributed by atoms with Gasteiger partial charge < -0.3 is 9.47 Å². The third-order valence-corrected chi connectivity index (χ3v) is 3.13. The Bertz CT molecular complexity index is 585. The van der Waals surface area contributed by atoms with Crippen molar-refractivity contribution in [2.24, 2.45) is 0 Å². The maximum Gasteiger partial charge on any atom is 0.349 e. The van der Waals surface area contributed by atoms with E-state index in [0.29, 0.717) is 11.5 Å². The third-order valence-electron chi connectivity index (χ3n) is 2.60. The van der Waals surface area contributed by atoms with Gasteiger partial charge in [0.15, 0.2) is 6.61 Å². The van der Waals surface area contributed by atoms with Crippen LogP contribution in [0.1, 0.15) is 11.1 Å². The van der Waals surface area contributed by atoms with E-state index in [0.717, 1.165) is 15.6 Å². The van der Waals surface area contributed by atoms with E-state index in [4.69, 9.17) is 9.47 Å². The lowest BCUT2D eigenvalue weighted by molar-refractivity contribution is -0.136. The number of ether oxygens (including phenoxy) is 2. The summed E-state index contributed by atoms with van der Waals surface area (Å²) in [6.07, 6.45) is 0. The number of hydrogen-bond acceptors (Lipinski definition) is 3. The molecule has 0 radical (unpaired) electrons. The number of aryl methyl sites for hydroxylation is 2. The highest BCUT2D eigenvalue weighted by Gasteiger charge is 2.06. The molecule has 0 aliphatic rings. The number of benzene rings is 2. The Morgan fingerprint density at radius 1 is 1.00 bits per heavy atom. The molecule has 104 valence electrons. The van der Waals surface area contributed by atoms with Crippen LogP contribution in [0.2, 0.25) is 0 Å². The van der Waals surface area contributed by atoms with Crippen LogP contribution < -0.4 is 9.47 Å². The van der Waals surface area contributed by atoms with Crippen LogP contribution in [0.4, 0.5) is 0 Å². The summed E-state index contributed by atoms with van der Waals surface area (Å²) in [7, 11) is 0. The van der Waals surface area contributed by atoms with Gasteiger partial charge in [-0.15, -0.1) is 0 Å². The highest BCUT2D eigenvalue weighted by molar-refractivity contribution is 9.10. The van der Waals surface area contributed by atoms with Gasteiger partial charge in [0.05, 0.1) is 0 Å². The zero-order valence-electron chi connectivity index (χ0n) is 11.4. The molecule has 20 heavy (non-hydrogen) atoms. The summed E-state index contributed by atoms with van der Waals surface area (Å²) in [4.78, 5) is 11.7. The summed E-state index contributed by atoms with van der Waals surface area (Å²) >= 11 is 3.32. The van der Waals surface area contributed by atoms with Crippen molar-refractivity contribution < 1.29 is 14.3 Å². The van der Waals surface area contributed by atoms with Crippen LogP contribution in [0, 0.1) is 13.8 Å². The Hall–Kier alpha value is -1.81. The molecule has 0 aromatic heterocycles. The van der Waals surface area contributed by atoms with Crippen molar-refractivity contribution in [3.05, 3.63) is 58.1 Å². The van der Waals surface area contributed by atoms with Gasteiger partial charge >= 0.3 is 5.97 Å². The van der Waals surface area contributed by atoms with E-state index < -0.39 is 5.97 Å². The lowest BCUT2D eigenvalue weighted by Crippen LogP contribution is -2.17. The Kier molecular flexibility index (Phi) is 4.79. The Labute approximate surface area is 126 Å². The monoisotopic (exact) mass is 334 g/mol. The second kappa shape index (κ2) is 6.57. The Morgan fingerprint density at radius 2 is 1.60 bits per heavy atom. The lowest BCUT2D eigenvalue weighted by atomic mass is 10.1. The molecule has 0 aliphatic carbocycles. The molecule has 0 unspecified atom stereocenters. The molecule has 2 aromatic rings. The van der Waals surface area contributed by atoms with Crippen molar-refractivity contribution in [1.82, 2.24) is 0 Å². The van der Waals surface area contributed by atoms with Crippen LogP contribution in [-0.2, 0) is 4.79 Å². The number of carbonyl (C=O) groups excluding carboxylic acids is 1. The fourth-order valence-electron chi connectivity index (χ4n) is 1.82. The molecular weight excluding hydrogens is 320 g/mol. The molecule has 0 amide bonds. The fraction of sp³-hybridized carbons (Fsp3) is 0.188. The Morgan fingerprint density at radius 3 is 2.20 bits per heavy atom. The molecule has 0 N–H and O–H groups in total. The fourth-order valence-corrected chi connectivity index (χ4v) is 2.09. The maximum atomic E-state index is 11.7. The van der Waals surface area contributed by atoms with Crippen molar-refractivity contribution in [3.63, 3.8) is 0 Å². The summed E-state index contributed by atoms with van der Waals surface area (Å²) in [5.41, 5.74) is 2.20. The molecule has 0 heterocycles. The van der Waals surface area contributed by atoms with E-state index in [-0.39, 0.29) is 6.61 Å². The standard InChI is InChI=1S/C16H15BrO3/c1-11-7-12(2)9-15(8-11)19-10-16(18)20-14-5-3-13(17)4-6-14/h3-9H,10H2,1-2H3. The average Bonchev–Trinajstić information content (AvgIpc) is 2.38. The zero-order valence-corrected chi connectivity index (χ0v) is 12.9. The predicted molar refractivity (Wildman–Crippen MR) is 81.2 cm³/mol. The van der Waals surface area contributed by atoms with Crippen LogP contribution in [0.25, 0.3) is 0 Å². The molecule has 0 fully saturated rings. The molecule has 2 aromatic carbocycles. The van der Waals surface area contributed by atoms with E-state index in [1.807, 2.05) is 44.2 Å². The second-order valence-electron chi connectivity index (χ2n) is 4.54. The van der Waals surface area contributed by atoms with Crippen LogP contribution in [0.5, 0.6) is 11.5 Å². The number of halogens is 1. The van der Waals surface area contributed by atoms with E-state index in [1.165, 1.54) is 0 Å². The van der Waals surface area contributed by atoms with Crippen molar-refractivity contribution in [2.45, 2.75) is 13.8 Å². The first-order valence-electron chi connectivity index (χ1n) is 6.20. The van der Waals surface area contributed by atoms with Gasteiger partial charge in [-0.05, 0) is 61.4 Å². The van der Waals surface area contributed by atoms with Gasteiger partial charge in [-0.3, -0.25) is 0 Å². The largest absolute Gasteiger partial charge is 0.482 e. The van der Waals surface area contributed by atoms with E-state index >= 15 is 0 Å². The summed E-state index contributed by atoms with van der Waals surface area (Å²) in [5, 5.41) is 0. The van der Waals surface area contributed by atoms with Gasteiger partial charge in [0.2, 0.25) is 0 Å². The quantitative estimate of drug-likeness (QED) is 0.625. The van der Waals surface area contributed by atoms with Gasteiger partial charge in [-0.2, -0.15) is 0 Å². The maximum absolute atomic E-state index is 11.7. The molecular formula is C16H15BrO3. The van der Waals surface area contributed by atoms with Crippen molar-refractivity contribution in [1.29, 1.82) is 0 Å². The first-order valence-corrected chi connectivity index (χ1v) is 6.99. The van der Waals surface area contributed by atoms with E-state index in [2.05, 4.69) is 15.9 Å². The third kappa shape index (κ3) is 4.38. The summed E-state index contributed by atoms with van der Waals surface area (Å²) in [6, 6.07) is 12.9. The number of carbonyl (C=O) groups is 1. The van der Waals surface area contributed by atoms with Gasteiger partial charge in [0.25, 0.3) is 0 Å². The molecule has 3 nitrogen and oxygen atoms in total. The minimum atomic E-state index is -0.425. The minimum absolute atomic E-state index is 0.112. The predicted octanol–water partition coefficient (Wildman–Crippen LogP) is 4.05. The topological polar surface area (TPSA) is 35.5 Å². The smallest absolute Gasteiger partial charge is 0.349 e. The number of esters is 1. The molecule has 4 heteroatoms. The first kappa shape index (κ1) is 14.6. The van der Waals surface area contributed by atoms with Gasteiger partial charge in [-0.25, -0.2) is 4.79 Å². The summed E-state index contributed by atoms with van der Waals surface area (Å²) in [6.45, 7) is 3.86. The van der Waals surface area contributed by atoms with Crippen molar-refractivity contribution in [2.75, 3.05) is 6.61 Å². The SMILES string of the molecule is Cc1cc(C)cc(OCC(=O)Oc2ccc(Br)cc2)c1. The first-order chi connectivity index (χ1) is 9.52.